The number of nitrogens with one attached hydrogen (secondary N) is 1. The van der Waals surface area contributed by atoms with Gasteiger partial charge < -0.3 is 15.0 Å². The minimum Gasteiger partial charge on any atom is -0.497 e. The van der Waals surface area contributed by atoms with Crippen molar-refractivity contribution in [3.63, 3.8) is 0 Å². The standard InChI is InChI=1S/C25H31Cl2N3O5S/c1-17(25(32)28-18-8-4-5-9-18)29(15-21-22(26)12-7-13-23(21)27)24(31)16-30(36(3,33)34)19-10-6-11-20(14-19)35-2/h6-7,10-14,17-18H,4-5,8-9,15-16H2,1-3H3,(H,28,32)/t17-/m0/s1. The van der Waals surface area contributed by atoms with E-state index in [0.29, 0.717) is 21.4 Å². The van der Waals surface area contributed by atoms with Crippen molar-refractivity contribution in [3.05, 3.63) is 58.1 Å². The van der Waals surface area contributed by atoms with Crippen molar-refractivity contribution in [1.29, 1.82) is 0 Å². The molecule has 36 heavy (non-hydrogen) atoms. The van der Waals surface area contributed by atoms with Crippen molar-refractivity contribution >= 4 is 50.7 Å². The quantitative estimate of drug-likeness (QED) is 0.472. The van der Waals surface area contributed by atoms with Crippen molar-refractivity contribution in [1.82, 2.24) is 10.2 Å². The van der Waals surface area contributed by atoms with Crippen LogP contribution in [0.5, 0.6) is 5.75 Å². The van der Waals surface area contributed by atoms with Gasteiger partial charge >= 0.3 is 0 Å². The number of methoxy groups -OCH3 is 1. The van der Waals surface area contributed by atoms with Gasteiger partial charge in [0, 0.05) is 34.3 Å². The molecule has 1 aliphatic rings. The number of rotatable bonds is 10. The second kappa shape index (κ2) is 12.2. The predicted molar refractivity (Wildman–Crippen MR) is 142 cm³/mol. The highest BCUT2D eigenvalue weighted by Gasteiger charge is 2.32. The Hall–Kier alpha value is -2.49. The van der Waals surface area contributed by atoms with Crippen LogP contribution in [0.1, 0.15) is 38.2 Å². The molecule has 0 radical (unpaired) electrons. The maximum atomic E-state index is 13.7. The second-order valence-corrected chi connectivity index (χ2v) is 11.6. The van der Waals surface area contributed by atoms with E-state index in [9.17, 15) is 18.0 Å². The van der Waals surface area contributed by atoms with E-state index < -0.39 is 28.5 Å². The fourth-order valence-electron chi connectivity index (χ4n) is 4.21. The predicted octanol–water partition coefficient (Wildman–Crippen LogP) is 4.24. The zero-order valence-corrected chi connectivity index (χ0v) is 22.9. The smallest absolute Gasteiger partial charge is 0.244 e. The molecule has 11 heteroatoms. The van der Waals surface area contributed by atoms with E-state index >= 15 is 0 Å². The molecule has 1 N–H and O–H groups in total. The third-order valence-corrected chi connectivity index (χ3v) is 8.13. The summed E-state index contributed by atoms with van der Waals surface area (Å²) < 4.78 is 31.6. The van der Waals surface area contributed by atoms with Gasteiger partial charge in [-0.3, -0.25) is 13.9 Å². The molecule has 2 amide bonds. The highest BCUT2D eigenvalue weighted by molar-refractivity contribution is 7.92. The first-order valence-corrected chi connectivity index (χ1v) is 14.3. The van der Waals surface area contributed by atoms with Gasteiger partial charge in [-0.05, 0) is 44.0 Å². The van der Waals surface area contributed by atoms with Gasteiger partial charge in [-0.25, -0.2) is 8.42 Å². The van der Waals surface area contributed by atoms with Crippen LogP contribution in [-0.4, -0.2) is 57.1 Å². The molecule has 0 aromatic heterocycles. The lowest BCUT2D eigenvalue weighted by Crippen LogP contribution is -2.52. The molecule has 0 unspecified atom stereocenters. The molecule has 0 bridgehead atoms. The van der Waals surface area contributed by atoms with E-state index in [1.807, 2.05) is 0 Å². The van der Waals surface area contributed by atoms with E-state index in [1.165, 1.54) is 18.1 Å². The number of benzene rings is 2. The third kappa shape index (κ3) is 7.05. The van der Waals surface area contributed by atoms with Gasteiger partial charge in [0.2, 0.25) is 21.8 Å². The van der Waals surface area contributed by atoms with Crippen LogP contribution in [0.25, 0.3) is 0 Å². The summed E-state index contributed by atoms with van der Waals surface area (Å²) in [5, 5.41) is 3.70. The molecule has 3 rings (SSSR count). The average molecular weight is 557 g/mol. The molecule has 196 valence electrons. The maximum absolute atomic E-state index is 13.7. The van der Waals surface area contributed by atoms with Crippen molar-refractivity contribution in [3.8, 4) is 5.75 Å². The molecule has 0 saturated heterocycles. The molecule has 1 aliphatic carbocycles. The number of carbonyl (C=O) groups excluding carboxylic acids is 2. The lowest BCUT2D eigenvalue weighted by molar-refractivity contribution is -0.139. The summed E-state index contributed by atoms with van der Waals surface area (Å²) in [5.74, 6) is -0.448. The van der Waals surface area contributed by atoms with Crippen LogP contribution >= 0.6 is 23.2 Å². The second-order valence-electron chi connectivity index (χ2n) is 8.86. The fraction of sp³-hybridized carbons (Fsp3) is 0.440. The summed E-state index contributed by atoms with van der Waals surface area (Å²) in [6.07, 6.45) is 4.88. The highest BCUT2D eigenvalue weighted by Crippen LogP contribution is 2.28. The Balaban J connectivity index is 1.93. The van der Waals surface area contributed by atoms with Crippen LogP contribution in [0, 0.1) is 0 Å². The first-order valence-electron chi connectivity index (χ1n) is 11.7. The number of halogens is 2. The van der Waals surface area contributed by atoms with Gasteiger partial charge in [0.25, 0.3) is 0 Å². The van der Waals surface area contributed by atoms with Crippen LogP contribution in [0.3, 0.4) is 0 Å². The normalized spacial score (nSPS) is 14.8. The number of ether oxygens (including phenoxy) is 1. The van der Waals surface area contributed by atoms with E-state index in [2.05, 4.69) is 5.32 Å². The Morgan fingerprint density at radius 3 is 2.31 bits per heavy atom. The van der Waals surface area contributed by atoms with Crippen LogP contribution < -0.4 is 14.4 Å². The summed E-state index contributed by atoms with van der Waals surface area (Å²) in [7, 11) is -2.38. The molecule has 8 nitrogen and oxygen atoms in total. The lowest BCUT2D eigenvalue weighted by atomic mass is 10.1. The zero-order chi connectivity index (χ0) is 26.5. The molecule has 0 aliphatic heterocycles. The molecule has 1 fully saturated rings. The summed E-state index contributed by atoms with van der Waals surface area (Å²) in [5.41, 5.74) is 0.742. The average Bonchev–Trinajstić information content (AvgIpc) is 3.34. The summed E-state index contributed by atoms with van der Waals surface area (Å²) in [4.78, 5) is 28.1. The SMILES string of the molecule is COc1cccc(N(CC(=O)N(Cc2c(Cl)cccc2Cl)[C@@H](C)C(=O)NC2CCCC2)S(C)(=O)=O)c1. The van der Waals surface area contributed by atoms with Crippen molar-refractivity contribution in [2.45, 2.75) is 51.2 Å². The number of nitrogens with zero attached hydrogens (tertiary/aromatic N) is 2. The number of hydrogen-bond acceptors (Lipinski definition) is 5. The lowest BCUT2D eigenvalue weighted by Gasteiger charge is -2.32. The van der Waals surface area contributed by atoms with Crippen LogP contribution in [0.4, 0.5) is 5.69 Å². The minimum absolute atomic E-state index is 0.0603. The van der Waals surface area contributed by atoms with E-state index in [-0.39, 0.29) is 24.2 Å². The Morgan fingerprint density at radius 2 is 1.72 bits per heavy atom. The first-order chi connectivity index (χ1) is 17.0. The minimum atomic E-state index is -3.85. The largest absolute Gasteiger partial charge is 0.497 e. The fourth-order valence-corrected chi connectivity index (χ4v) is 5.57. The molecular formula is C25H31Cl2N3O5S. The van der Waals surface area contributed by atoms with Crippen LogP contribution in [-0.2, 0) is 26.2 Å². The van der Waals surface area contributed by atoms with Gasteiger partial charge in [-0.2, -0.15) is 0 Å². The van der Waals surface area contributed by atoms with Crippen LogP contribution in [0.2, 0.25) is 10.0 Å². The number of hydrogen-bond donors (Lipinski definition) is 1. The van der Waals surface area contributed by atoms with Gasteiger partial charge in [0.05, 0.1) is 19.1 Å². The number of sulfonamides is 1. The Morgan fingerprint density at radius 1 is 1.11 bits per heavy atom. The topological polar surface area (TPSA) is 96.0 Å². The number of carbonyl (C=O) groups is 2. The maximum Gasteiger partial charge on any atom is 0.244 e. The van der Waals surface area contributed by atoms with Gasteiger partial charge in [0.15, 0.2) is 0 Å². The van der Waals surface area contributed by atoms with E-state index in [4.69, 9.17) is 27.9 Å². The number of anilines is 1. The summed E-state index contributed by atoms with van der Waals surface area (Å²) >= 11 is 12.7. The first kappa shape index (κ1) is 28.1. The van der Waals surface area contributed by atoms with Crippen molar-refractivity contribution in [2.75, 3.05) is 24.2 Å². The molecule has 2 aromatic carbocycles. The molecule has 2 aromatic rings. The van der Waals surface area contributed by atoms with Crippen molar-refractivity contribution < 1.29 is 22.7 Å². The summed E-state index contributed by atoms with van der Waals surface area (Å²) in [6.45, 7) is 1.03. The molecular weight excluding hydrogens is 525 g/mol. The van der Waals surface area contributed by atoms with E-state index in [1.54, 1.807) is 43.3 Å². The van der Waals surface area contributed by atoms with Crippen molar-refractivity contribution in [2.24, 2.45) is 0 Å². The van der Waals surface area contributed by atoms with Crippen LogP contribution in [0.15, 0.2) is 42.5 Å². The van der Waals surface area contributed by atoms with Gasteiger partial charge in [0.1, 0.15) is 18.3 Å². The highest BCUT2D eigenvalue weighted by atomic mass is 35.5. The summed E-state index contributed by atoms with van der Waals surface area (Å²) in [6, 6.07) is 10.6. The Kier molecular flexibility index (Phi) is 9.49. The van der Waals surface area contributed by atoms with Gasteiger partial charge in [-0.1, -0.05) is 48.2 Å². The Labute approximate surface area is 222 Å². The third-order valence-electron chi connectivity index (χ3n) is 6.28. The van der Waals surface area contributed by atoms with Gasteiger partial charge in [-0.15, -0.1) is 0 Å². The molecule has 1 atom stereocenters. The van der Waals surface area contributed by atoms with E-state index in [0.717, 1.165) is 36.2 Å². The molecule has 0 heterocycles. The molecule has 1 saturated carbocycles. The number of amides is 2. The monoisotopic (exact) mass is 555 g/mol. The molecule has 0 spiro atoms. The zero-order valence-electron chi connectivity index (χ0n) is 20.5. The Bertz CT molecular complexity index is 1180.